The molecule has 2 N–H and O–H groups in total. The van der Waals surface area contributed by atoms with E-state index >= 15 is 0 Å². The summed E-state index contributed by atoms with van der Waals surface area (Å²) in [4.78, 5) is 24.9. The summed E-state index contributed by atoms with van der Waals surface area (Å²) in [6.07, 6.45) is 0. The van der Waals surface area contributed by atoms with Gasteiger partial charge in [0.25, 0.3) is 0 Å². The van der Waals surface area contributed by atoms with Crippen molar-refractivity contribution >= 4 is 27.9 Å². The van der Waals surface area contributed by atoms with Gasteiger partial charge < -0.3 is 20.3 Å². The highest BCUT2D eigenvalue weighted by Crippen LogP contribution is 2.17. The van der Waals surface area contributed by atoms with Gasteiger partial charge in [-0.2, -0.15) is 0 Å². The average Bonchev–Trinajstić information content (AvgIpc) is 2.49. The van der Waals surface area contributed by atoms with Crippen molar-refractivity contribution in [2.75, 3.05) is 32.8 Å². The van der Waals surface area contributed by atoms with Crippen LogP contribution >= 0.6 is 15.9 Å². The molecule has 0 spiro atoms. The number of ether oxygens (including phenoxy) is 1. The van der Waals surface area contributed by atoms with Crippen LogP contribution < -0.4 is 15.4 Å². The number of hydrogen-bond donors (Lipinski definition) is 2. The summed E-state index contributed by atoms with van der Waals surface area (Å²) in [6.45, 7) is 5.49. The number of amides is 3. The summed E-state index contributed by atoms with van der Waals surface area (Å²) in [5, 5.41) is 5.41. The summed E-state index contributed by atoms with van der Waals surface area (Å²) >= 11 is 3.36. The van der Waals surface area contributed by atoms with E-state index in [4.69, 9.17) is 4.74 Å². The molecule has 0 aromatic heterocycles. The van der Waals surface area contributed by atoms with Gasteiger partial charge in [-0.25, -0.2) is 4.79 Å². The Hall–Kier alpha value is -1.76. The third-order valence-electron chi connectivity index (χ3n) is 2.82. The number of urea groups is 1. The van der Waals surface area contributed by atoms with Gasteiger partial charge in [0.15, 0.2) is 0 Å². The minimum Gasteiger partial charge on any atom is -0.492 e. The van der Waals surface area contributed by atoms with Crippen LogP contribution in [0.3, 0.4) is 0 Å². The Bertz CT molecular complexity index is 497. The van der Waals surface area contributed by atoms with E-state index in [0.29, 0.717) is 26.2 Å². The Kier molecular flexibility index (Phi) is 8.35. The molecule has 3 amide bonds. The van der Waals surface area contributed by atoms with Crippen LogP contribution in [0.15, 0.2) is 28.7 Å². The summed E-state index contributed by atoms with van der Waals surface area (Å²) in [5.74, 6) is 0.572. The molecule has 1 aromatic rings. The lowest BCUT2D eigenvalue weighted by atomic mass is 10.3. The smallest absolute Gasteiger partial charge is 0.317 e. The molecule has 0 aliphatic rings. The van der Waals surface area contributed by atoms with E-state index in [2.05, 4.69) is 26.6 Å². The molecule has 0 radical (unpaired) electrons. The zero-order valence-corrected chi connectivity index (χ0v) is 14.5. The minimum atomic E-state index is -0.272. The van der Waals surface area contributed by atoms with Gasteiger partial charge in [0.05, 0.1) is 6.54 Å². The maximum Gasteiger partial charge on any atom is 0.317 e. The van der Waals surface area contributed by atoms with Gasteiger partial charge >= 0.3 is 6.03 Å². The number of nitrogens with zero attached hydrogens (tertiary/aromatic N) is 1. The molecule has 0 aliphatic heterocycles. The van der Waals surface area contributed by atoms with Gasteiger partial charge in [-0.15, -0.1) is 0 Å². The molecule has 1 rings (SSSR count). The molecule has 0 heterocycles. The summed E-state index contributed by atoms with van der Waals surface area (Å²) < 4.78 is 6.47. The third kappa shape index (κ3) is 6.80. The second-order valence-corrected chi connectivity index (χ2v) is 5.42. The van der Waals surface area contributed by atoms with Gasteiger partial charge in [-0.3, -0.25) is 4.79 Å². The normalized spacial score (nSPS) is 9.95. The Morgan fingerprint density at radius 3 is 2.68 bits per heavy atom. The molecule has 22 heavy (non-hydrogen) atoms. The van der Waals surface area contributed by atoms with Crippen molar-refractivity contribution in [1.29, 1.82) is 0 Å². The third-order valence-corrected chi connectivity index (χ3v) is 3.31. The molecule has 0 bridgehead atoms. The van der Waals surface area contributed by atoms with Crippen LogP contribution in [0, 0.1) is 0 Å². The number of carbonyl (C=O) groups excluding carboxylic acids is 2. The van der Waals surface area contributed by atoms with Crippen LogP contribution in [0.5, 0.6) is 5.75 Å². The average molecular weight is 372 g/mol. The fourth-order valence-corrected chi connectivity index (χ4v) is 2.13. The number of nitrogens with one attached hydrogen (secondary N) is 2. The molecule has 122 valence electrons. The number of carbonyl (C=O) groups is 2. The van der Waals surface area contributed by atoms with Crippen molar-refractivity contribution in [3.63, 3.8) is 0 Å². The standard InChI is InChI=1S/C15H22BrN3O3/c1-3-17-14(20)11-19(4-2)15(21)18-8-9-22-13-7-5-6-12(16)10-13/h5-7,10H,3-4,8-9,11H2,1-2H3,(H,17,20)(H,18,21). The highest BCUT2D eigenvalue weighted by molar-refractivity contribution is 9.10. The quantitative estimate of drug-likeness (QED) is 0.686. The predicted molar refractivity (Wildman–Crippen MR) is 89.0 cm³/mol. The van der Waals surface area contributed by atoms with Gasteiger partial charge in [-0.05, 0) is 32.0 Å². The number of rotatable bonds is 8. The van der Waals surface area contributed by atoms with Crippen LogP contribution in [-0.4, -0.2) is 49.6 Å². The zero-order chi connectivity index (χ0) is 16.4. The Morgan fingerprint density at radius 2 is 2.05 bits per heavy atom. The lowest BCUT2D eigenvalue weighted by Crippen LogP contribution is -2.46. The molecule has 0 aliphatic carbocycles. The molecule has 7 heteroatoms. The molecule has 0 atom stereocenters. The van der Waals surface area contributed by atoms with Gasteiger partial charge in [0.2, 0.25) is 5.91 Å². The lowest BCUT2D eigenvalue weighted by molar-refractivity contribution is -0.121. The Balaban J connectivity index is 2.30. The van der Waals surface area contributed by atoms with Crippen molar-refractivity contribution in [3.8, 4) is 5.75 Å². The fraction of sp³-hybridized carbons (Fsp3) is 0.467. The van der Waals surface area contributed by atoms with Crippen LogP contribution in [0.25, 0.3) is 0 Å². The van der Waals surface area contributed by atoms with Crippen LogP contribution in [0.1, 0.15) is 13.8 Å². The van der Waals surface area contributed by atoms with Crippen molar-refractivity contribution < 1.29 is 14.3 Å². The number of halogens is 1. The van der Waals surface area contributed by atoms with Crippen molar-refractivity contribution in [2.45, 2.75) is 13.8 Å². The first kappa shape index (κ1) is 18.3. The highest BCUT2D eigenvalue weighted by atomic mass is 79.9. The lowest BCUT2D eigenvalue weighted by Gasteiger charge is -2.20. The second kappa shape index (κ2) is 10.0. The van der Waals surface area contributed by atoms with Gasteiger partial charge in [0, 0.05) is 17.6 Å². The maximum absolute atomic E-state index is 12.0. The molecular weight excluding hydrogens is 350 g/mol. The van der Waals surface area contributed by atoms with Crippen molar-refractivity contribution in [1.82, 2.24) is 15.5 Å². The first-order valence-electron chi connectivity index (χ1n) is 7.24. The Labute approximate surface area is 139 Å². The molecule has 0 saturated heterocycles. The summed E-state index contributed by atoms with van der Waals surface area (Å²) in [6, 6.07) is 7.22. The van der Waals surface area contributed by atoms with E-state index in [1.54, 1.807) is 0 Å². The topological polar surface area (TPSA) is 70.7 Å². The number of hydrogen-bond acceptors (Lipinski definition) is 3. The van der Waals surface area contributed by atoms with E-state index < -0.39 is 0 Å². The van der Waals surface area contributed by atoms with E-state index in [1.165, 1.54) is 4.90 Å². The minimum absolute atomic E-state index is 0.0582. The largest absolute Gasteiger partial charge is 0.492 e. The monoisotopic (exact) mass is 371 g/mol. The number of likely N-dealkylation sites (N-methyl/N-ethyl adjacent to an activating group) is 2. The van der Waals surface area contributed by atoms with Gasteiger partial charge in [0.1, 0.15) is 18.9 Å². The molecule has 0 saturated carbocycles. The Morgan fingerprint density at radius 1 is 1.27 bits per heavy atom. The molecule has 6 nitrogen and oxygen atoms in total. The van der Waals surface area contributed by atoms with Crippen molar-refractivity contribution in [3.05, 3.63) is 28.7 Å². The van der Waals surface area contributed by atoms with E-state index in [0.717, 1.165) is 10.2 Å². The van der Waals surface area contributed by atoms with E-state index in [9.17, 15) is 9.59 Å². The van der Waals surface area contributed by atoms with Crippen molar-refractivity contribution in [2.24, 2.45) is 0 Å². The predicted octanol–water partition coefficient (Wildman–Crippen LogP) is 2.00. The summed E-state index contributed by atoms with van der Waals surface area (Å²) in [7, 11) is 0. The molecule has 0 fully saturated rings. The van der Waals surface area contributed by atoms with E-state index in [1.807, 2.05) is 38.1 Å². The zero-order valence-electron chi connectivity index (χ0n) is 12.9. The molecule has 0 unspecified atom stereocenters. The maximum atomic E-state index is 12.0. The highest BCUT2D eigenvalue weighted by Gasteiger charge is 2.14. The first-order valence-corrected chi connectivity index (χ1v) is 8.04. The molecular formula is C15H22BrN3O3. The first-order chi connectivity index (χ1) is 10.6. The van der Waals surface area contributed by atoms with Crippen LogP contribution in [0.4, 0.5) is 4.79 Å². The van der Waals surface area contributed by atoms with Crippen LogP contribution in [0.2, 0.25) is 0 Å². The van der Waals surface area contributed by atoms with Gasteiger partial charge in [-0.1, -0.05) is 22.0 Å². The van der Waals surface area contributed by atoms with Crippen LogP contribution in [-0.2, 0) is 4.79 Å². The number of benzene rings is 1. The fourth-order valence-electron chi connectivity index (χ4n) is 1.75. The van der Waals surface area contributed by atoms with E-state index in [-0.39, 0.29) is 18.5 Å². The second-order valence-electron chi connectivity index (χ2n) is 4.51. The SMILES string of the molecule is CCNC(=O)CN(CC)C(=O)NCCOc1cccc(Br)c1. The molecule has 1 aromatic carbocycles. The summed E-state index contributed by atoms with van der Waals surface area (Å²) in [5.41, 5.74) is 0.